The summed E-state index contributed by atoms with van der Waals surface area (Å²) in [6.45, 7) is -0.573. The highest BCUT2D eigenvalue weighted by Gasteiger charge is 1.93. The van der Waals surface area contributed by atoms with Crippen molar-refractivity contribution in [3.8, 4) is 0 Å². The van der Waals surface area contributed by atoms with Gasteiger partial charge in [-0.05, 0) is 33.6 Å². The van der Waals surface area contributed by atoms with E-state index in [0.717, 1.165) is 0 Å². The maximum atomic E-state index is 12.5. The lowest BCUT2D eigenvalue weighted by Crippen LogP contribution is -1.83. The average Bonchev–Trinajstić information content (AvgIpc) is 2.09. The van der Waals surface area contributed by atoms with Crippen LogP contribution < -0.4 is 0 Å². The summed E-state index contributed by atoms with van der Waals surface area (Å²) in [5, 5.41) is 8.38. The normalized spacial score (nSPS) is 11.8. The van der Waals surface area contributed by atoms with E-state index in [1.807, 2.05) is 0 Å². The van der Waals surface area contributed by atoms with E-state index in [-0.39, 0.29) is 0 Å². The van der Waals surface area contributed by atoms with Gasteiger partial charge < -0.3 is 5.11 Å². The molecular weight excluding hydrogens is 225 g/mol. The van der Waals surface area contributed by atoms with Crippen molar-refractivity contribution in [1.29, 1.82) is 0 Å². The van der Waals surface area contributed by atoms with Crippen molar-refractivity contribution in [3.63, 3.8) is 0 Å². The summed E-state index contributed by atoms with van der Waals surface area (Å²) < 4.78 is 13.2. The van der Waals surface area contributed by atoms with Gasteiger partial charge >= 0.3 is 0 Å². The van der Waals surface area contributed by atoms with E-state index < -0.39 is 12.4 Å². The Bertz CT molecular complexity index is 284. The Labute approximate surface area is 77.9 Å². The quantitative estimate of drug-likeness (QED) is 0.792. The van der Waals surface area contributed by atoms with Crippen LogP contribution in [0.2, 0.25) is 0 Å². The average molecular weight is 232 g/mol. The second kappa shape index (κ2) is 4.33. The van der Waals surface area contributed by atoms with Gasteiger partial charge in [-0.15, -0.1) is 0 Å². The summed E-state index contributed by atoms with van der Waals surface area (Å²) in [4.78, 5) is 3.89. The van der Waals surface area contributed by atoms with Crippen molar-refractivity contribution in [2.45, 2.75) is 0 Å². The molecule has 0 aliphatic carbocycles. The SMILES string of the molecule is OC/C(F)=C/c1ccc(Br)nc1. The van der Waals surface area contributed by atoms with E-state index in [9.17, 15) is 4.39 Å². The van der Waals surface area contributed by atoms with E-state index in [0.29, 0.717) is 10.2 Å². The fourth-order valence-corrected chi connectivity index (χ4v) is 0.934. The molecule has 1 N–H and O–H groups in total. The minimum atomic E-state index is -0.573. The Morgan fingerprint density at radius 3 is 2.92 bits per heavy atom. The standard InChI is InChI=1S/C8H7BrFNO/c9-8-2-1-6(4-11-8)3-7(10)5-12/h1-4,12H,5H2/b7-3-. The van der Waals surface area contributed by atoms with Crippen molar-refractivity contribution in [2.75, 3.05) is 6.61 Å². The molecule has 0 saturated carbocycles. The van der Waals surface area contributed by atoms with Crippen LogP contribution in [-0.4, -0.2) is 16.7 Å². The highest BCUT2D eigenvalue weighted by Crippen LogP contribution is 2.09. The number of nitrogens with zero attached hydrogens (tertiary/aromatic N) is 1. The summed E-state index contributed by atoms with van der Waals surface area (Å²) in [5.74, 6) is -0.570. The largest absolute Gasteiger partial charge is 0.389 e. The third kappa shape index (κ3) is 2.71. The maximum absolute atomic E-state index is 12.5. The van der Waals surface area contributed by atoms with Gasteiger partial charge in [0.25, 0.3) is 0 Å². The van der Waals surface area contributed by atoms with E-state index in [1.54, 1.807) is 12.1 Å². The fraction of sp³-hybridized carbons (Fsp3) is 0.125. The summed E-state index contributed by atoms with van der Waals surface area (Å²) in [5.41, 5.74) is 0.629. The number of aromatic nitrogens is 1. The molecule has 0 aliphatic rings. The van der Waals surface area contributed by atoms with Gasteiger partial charge in [0.1, 0.15) is 10.4 Å². The maximum Gasteiger partial charge on any atom is 0.126 e. The minimum absolute atomic E-state index is 0.570. The Morgan fingerprint density at radius 1 is 1.67 bits per heavy atom. The number of aliphatic hydroxyl groups excluding tert-OH is 1. The van der Waals surface area contributed by atoms with Gasteiger partial charge in [0, 0.05) is 6.20 Å². The second-order valence-corrected chi connectivity index (χ2v) is 2.98. The molecule has 0 bridgehead atoms. The summed E-state index contributed by atoms with van der Waals surface area (Å²) >= 11 is 3.15. The number of halogens is 2. The monoisotopic (exact) mass is 231 g/mol. The minimum Gasteiger partial charge on any atom is -0.389 e. The van der Waals surface area contributed by atoms with E-state index >= 15 is 0 Å². The van der Waals surface area contributed by atoms with Crippen molar-refractivity contribution < 1.29 is 9.50 Å². The highest BCUT2D eigenvalue weighted by atomic mass is 79.9. The topological polar surface area (TPSA) is 33.1 Å². The molecular formula is C8H7BrFNO. The number of hydrogen-bond acceptors (Lipinski definition) is 2. The molecule has 0 unspecified atom stereocenters. The number of hydrogen-bond donors (Lipinski definition) is 1. The zero-order chi connectivity index (χ0) is 8.97. The van der Waals surface area contributed by atoms with Gasteiger partial charge in [-0.3, -0.25) is 0 Å². The van der Waals surface area contributed by atoms with Gasteiger partial charge in [0.05, 0.1) is 6.61 Å². The first-order valence-electron chi connectivity index (χ1n) is 3.31. The summed E-state index contributed by atoms with van der Waals surface area (Å²) in [6.07, 6.45) is 2.75. The van der Waals surface area contributed by atoms with Crippen molar-refractivity contribution in [1.82, 2.24) is 4.98 Å². The van der Waals surface area contributed by atoms with Crippen LogP contribution in [0.4, 0.5) is 4.39 Å². The number of pyridine rings is 1. The Morgan fingerprint density at radius 2 is 2.42 bits per heavy atom. The van der Waals surface area contributed by atoms with E-state index in [2.05, 4.69) is 20.9 Å². The zero-order valence-electron chi connectivity index (χ0n) is 6.17. The van der Waals surface area contributed by atoms with E-state index in [4.69, 9.17) is 5.11 Å². The predicted molar refractivity (Wildman–Crippen MR) is 48.1 cm³/mol. The molecule has 1 aromatic heterocycles. The lowest BCUT2D eigenvalue weighted by Gasteiger charge is -1.93. The summed E-state index contributed by atoms with van der Waals surface area (Å²) in [7, 11) is 0. The third-order valence-corrected chi connectivity index (χ3v) is 1.69. The molecule has 0 radical (unpaired) electrons. The fourth-order valence-electron chi connectivity index (χ4n) is 0.699. The molecule has 0 spiro atoms. The van der Waals surface area contributed by atoms with Crippen molar-refractivity contribution in [2.24, 2.45) is 0 Å². The van der Waals surface area contributed by atoms with Crippen LogP contribution in [0.15, 0.2) is 28.8 Å². The van der Waals surface area contributed by atoms with Crippen molar-refractivity contribution >= 4 is 22.0 Å². The Hall–Kier alpha value is -0.740. The first kappa shape index (κ1) is 9.35. The molecule has 0 amide bonds. The number of rotatable bonds is 2. The van der Waals surface area contributed by atoms with Crippen LogP contribution in [0, 0.1) is 0 Å². The van der Waals surface area contributed by atoms with Gasteiger partial charge in [0.15, 0.2) is 0 Å². The molecule has 64 valence electrons. The molecule has 0 atom stereocenters. The Kier molecular flexibility index (Phi) is 3.37. The molecule has 0 aromatic carbocycles. The van der Waals surface area contributed by atoms with E-state index in [1.165, 1.54) is 12.3 Å². The van der Waals surface area contributed by atoms with Crippen LogP contribution in [0.5, 0.6) is 0 Å². The molecule has 0 aliphatic heterocycles. The Balaban J connectivity index is 2.84. The smallest absolute Gasteiger partial charge is 0.126 e. The highest BCUT2D eigenvalue weighted by molar-refractivity contribution is 9.10. The second-order valence-electron chi connectivity index (χ2n) is 2.16. The first-order chi connectivity index (χ1) is 5.72. The molecule has 1 heterocycles. The molecule has 1 rings (SSSR count). The third-order valence-electron chi connectivity index (χ3n) is 1.22. The molecule has 1 aromatic rings. The van der Waals surface area contributed by atoms with Gasteiger partial charge in [-0.25, -0.2) is 9.37 Å². The predicted octanol–water partition coefficient (Wildman–Crippen LogP) is 2.15. The van der Waals surface area contributed by atoms with Crippen LogP contribution in [0.3, 0.4) is 0 Å². The lowest BCUT2D eigenvalue weighted by molar-refractivity contribution is 0.300. The van der Waals surface area contributed by atoms with Crippen LogP contribution >= 0.6 is 15.9 Å². The summed E-state index contributed by atoms with van der Waals surface area (Å²) in [6, 6.07) is 3.41. The molecule has 12 heavy (non-hydrogen) atoms. The zero-order valence-corrected chi connectivity index (χ0v) is 7.75. The molecule has 4 heteroatoms. The van der Waals surface area contributed by atoms with Crippen molar-refractivity contribution in [3.05, 3.63) is 34.3 Å². The molecule has 0 fully saturated rings. The van der Waals surface area contributed by atoms with Crippen LogP contribution in [0.25, 0.3) is 6.08 Å². The van der Waals surface area contributed by atoms with Gasteiger partial charge in [-0.1, -0.05) is 6.07 Å². The van der Waals surface area contributed by atoms with Gasteiger partial charge in [-0.2, -0.15) is 0 Å². The lowest BCUT2D eigenvalue weighted by atomic mass is 10.2. The molecule has 0 saturated heterocycles. The molecule has 2 nitrogen and oxygen atoms in total. The van der Waals surface area contributed by atoms with Crippen LogP contribution in [-0.2, 0) is 0 Å². The first-order valence-corrected chi connectivity index (χ1v) is 4.10. The van der Waals surface area contributed by atoms with Crippen LogP contribution in [0.1, 0.15) is 5.56 Å². The van der Waals surface area contributed by atoms with Gasteiger partial charge in [0.2, 0.25) is 0 Å². The number of aliphatic hydroxyl groups is 1.